The molecule has 0 aromatic heterocycles. The molecular formula is C25H36N4O2. The number of nitrogens with two attached hydrogens (primary N) is 1. The second-order valence-corrected chi connectivity index (χ2v) is 9.07. The molecule has 0 amide bonds. The quantitative estimate of drug-likeness (QED) is 0.444. The van der Waals surface area contributed by atoms with Gasteiger partial charge < -0.3 is 25.8 Å². The summed E-state index contributed by atoms with van der Waals surface area (Å²) < 4.78 is 5.89. The number of ether oxygens (including phenoxy) is 1. The van der Waals surface area contributed by atoms with E-state index in [-0.39, 0.29) is 17.9 Å². The minimum Gasteiger partial charge on any atom is -0.489 e. The summed E-state index contributed by atoms with van der Waals surface area (Å²) in [4.78, 5) is 7.14. The highest BCUT2D eigenvalue weighted by molar-refractivity contribution is 5.93. The Kier molecular flexibility index (Phi) is 8.32. The summed E-state index contributed by atoms with van der Waals surface area (Å²) in [5, 5.41) is 13.1. The molecule has 1 aliphatic heterocycles. The molecule has 1 fully saturated rings. The van der Waals surface area contributed by atoms with Crippen molar-refractivity contribution in [3.63, 3.8) is 0 Å². The molecule has 6 heteroatoms. The van der Waals surface area contributed by atoms with Crippen molar-refractivity contribution in [2.45, 2.75) is 33.3 Å². The van der Waals surface area contributed by atoms with Crippen molar-refractivity contribution >= 4 is 11.6 Å². The van der Waals surface area contributed by atoms with Crippen molar-refractivity contribution in [3.05, 3.63) is 60.2 Å². The lowest BCUT2D eigenvalue weighted by Gasteiger charge is -2.35. The van der Waals surface area contributed by atoms with Gasteiger partial charge in [0.15, 0.2) is 5.96 Å². The number of rotatable bonds is 8. The molecule has 1 unspecified atom stereocenters. The number of guanidine groups is 1. The minimum absolute atomic E-state index is 0.0613. The van der Waals surface area contributed by atoms with Crippen LogP contribution in [0.5, 0.6) is 5.75 Å². The van der Waals surface area contributed by atoms with Crippen LogP contribution in [-0.2, 0) is 6.61 Å². The third-order valence-electron chi connectivity index (χ3n) is 5.64. The van der Waals surface area contributed by atoms with Gasteiger partial charge in [-0.3, -0.25) is 4.99 Å². The number of hydrogen-bond acceptors (Lipinski definition) is 4. The van der Waals surface area contributed by atoms with Crippen LogP contribution in [0.15, 0.2) is 59.6 Å². The van der Waals surface area contributed by atoms with Crippen LogP contribution >= 0.6 is 0 Å². The summed E-state index contributed by atoms with van der Waals surface area (Å²) in [5.74, 6) is 1.96. The van der Waals surface area contributed by atoms with Gasteiger partial charge >= 0.3 is 0 Å². The highest BCUT2D eigenvalue weighted by Crippen LogP contribution is 2.21. The van der Waals surface area contributed by atoms with Crippen LogP contribution in [0.2, 0.25) is 0 Å². The molecule has 4 N–H and O–H groups in total. The fraction of sp³-hybridized carbons (Fsp3) is 0.480. The number of nitrogens with one attached hydrogen (secondary N) is 1. The predicted molar refractivity (Wildman–Crippen MR) is 127 cm³/mol. The number of aliphatic hydroxyl groups is 1. The summed E-state index contributed by atoms with van der Waals surface area (Å²) in [6.07, 6.45) is 2.11. The van der Waals surface area contributed by atoms with E-state index in [4.69, 9.17) is 15.5 Å². The van der Waals surface area contributed by atoms with E-state index in [1.165, 1.54) is 0 Å². The Bertz CT molecular complexity index is 821. The number of aliphatic imine (C=N–C) groups is 1. The van der Waals surface area contributed by atoms with Gasteiger partial charge in [0.2, 0.25) is 0 Å². The van der Waals surface area contributed by atoms with Gasteiger partial charge in [-0.15, -0.1) is 0 Å². The van der Waals surface area contributed by atoms with Gasteiger partial charge in [-0.2, -0.15) is 0 Å². The number of aliphatic hydroxyl groups excluding tert-OH is 1. The Balaban J connectivity index is 1.67. The summed E-state index contributed by atoms with van der Waals surface area (Å²) in [6, 6.07) is 18.1. The first kappa shape index (κ1) is 23.1. The molecule has 3 rings (SSSR count). The van der Waals surface area contributed by atoms with E-state index in [1.807, 2.05) is 42.5 Å². The van der Waals surface area contributed by atoms with E-state index < -0.39 is 0 Å². The molecule has 2 aromatic rings. The summed E-state index contributed by atoms with van der Waals surface area (Å²) in [5.41, 5.74) is 7.95. The van der Waals surface area contributed by atoms with E-state index in [0.717, 1.165) is 48.9 Å². The standard InChI is InChI=1S/C25H36N4O2/c1-25(2,18-26)19-27-24(29-14-6-9-21(15-29)16-30)28-22-10-12-23(13-11-22)31-17-20-7-4-3-5-8-20/h3-5,7-8,10-13,21,30H,6,9,14-19,26H2,1-2H3,(H,27,28). The van der Waals surface area contributed by atoms with Crippen molar-refractivity contribution in [1.29, 1.82) is 0 Å². The largest absolute Gasteiger partial charge is 0.489 e. The fourth-order valence-electron chi connectivity index (χ4n) is 3.48. The predicted octanol–water partition coefficient (Wildman–Crippen LogP) is 3.72. The molecule has 31 heavy (non-hydrogen) atoms. The molecule has 0 saturated carbocycles. The van der Waals surface area contributed by atoms with Gasteiger partial charge in [-0.25, -0.2) is 0 Å². The van der Waals surface area contributed by atoms with Crippen LogP contribution in [0.3, 0.4) is 0 Å². The monoisotopic (exact) mass is 424 g/mol. The highest BCUT2D eigenvalue weighted by atomic mass is 16.5. The summed E-state index contributed by atoms with van der Waals surface area (Å²) in [6.45, 7) is 7.98. The molecule has 0 aliphatic carbocycles. The Hall–Kier alpha value is -2.57. The first-order chi connectivity index (χ1) is 15.0. The van der Waals surface area contributed by atoms with Gasteiger partial charge in [-0.1, -0.05) is 44.2 Å². The maximum atomic E-state index is 9.62. The summed E-state index contributed by atoms with van der Waals surface area (Å²) in [7, 11) is 0. The summed E-state index contributed by atoms with van der Waals surface area (Å²) >= 11 is 0. The van der Waals surface area contributed by atoms with Gasteiger partial charge in [0.05, 0.1) is 0 Å². The van der Waals surface area contributed by atoms with Crippen molar-refractivity contribution in [1.82, 2.24) is 4.90 Å². The molecule has 2 aromatic carbocycles. The highest BCUT2D eigenvalue weighted by Gasteiger charge is 2.23. The minimum atomic E-state index is -0.0613. The lowest BCUT2D eigenvalue weighted by atomic mass is 9.94. The maximum absolute atomic E-state index is 9.62. The molecule has 0 radical (unpaired) electrons. The van der Waals surface area contributed by atoms with Crippen LogP contribution in [0.25, 0.3) is 0 Å². The molecule has 1 atom stereocenters. The fourth-order valence-corrected chi connectivity index (χ4v) is 3.48. The van der Waals surface area contributed by atoms with E-state index >= 15 is 0 Å². The average molecular weight is 425 g/mol. The van der Waals surface area contributed by atoms with Crippen LogP contribution in [-0.4, -0.2) is 48.8 Å². The second kappa shape index (κ2) is 11.2. The van der Waals surface area contributed by atoms with E-state index in [0.29, 0.717) is 19.7 Å². The Morgan fingerprint density at radius 1 is 1.19 bits per heavy atom. The van der Waals surface area contributed by atoms with Crippen molar-refractivity contribution < 1.29 is 9.84 Å². The van der Waals surface area contributed by atoms with Crippen molar-refractivity contribution in [2.24, 2.45) is 22.1 Å². The first-order valence-electron chi connectivity index (χ1n) is 11.1. The number of anilines is 1. The van der Waals surface area contributed by atoms with Crippen LogP contribution < -0.4 is 15.8 Å². The van der Waals surface area contributed by atoms with Crippen LogP contribution in [0.4, 0.5) is 5.69 Å². The average Bonchev–Trinajstić information content (AvgIpc) is 2.82. The molecule has 1 heterocycles. The number of likely N-dealkylation sites (tertiary alicyclic amines) is 1. The first-order valence-corrected chi connectivity index (χ1v) is 11.1. The zero-order chi connectivity index (χ0) is 22.1. The number of hydrogen-bond donors (Lipinski definition) is 3. The zero-order valence-electron chi connectivity index (χ0n) is 18.8. The van der Waals surface area contributed by atoms with E-state index in [9.17, 15) is 5.11 Å². The zero-order valence-corrected chi connectivity index (χ0v) is 18.8. The Labute approximate surface area is 186 Å². The maximum Gasteiger partial charge on any atom is 0.198 e. The van der Waals surface area contributed by atoms with Gasteiger partial charge in [-0.05, 0) is 60.5 Å². The molecule has 1 saturated heterocycles. The lowest BCUT2D eigenvalue weighted by molar-refractivity contribution is 0.160. The molecule has 0 bridgehead atoms. The van der Waals surface area contributed by atoms with Crippen molar-refractivity contribution in [3.8, 4) is 5.75 Å². The van der Waals surface area contributed by atoms with Crippen LogP contribution in [0.1, 0.15) is 32.3 Å². The molecule has 1 aliphatic rings. The smallest absolute Gasteiger partial charge is 0.198 e. The number of piperidine rings is 1. The van der Waals surface area contributed by atoms with Gasteiger partial charge in [0, 0.05) is 31.9 Å². The van der Waals surface area contributed by atoms with E-state index in [1.54, 1.807) is 0 Å². The SMILES string of the molecule is CC(C)(CN)CN=C(Nc1ccc(OCc2ccccc2)cc1)N1CCCC(CO)C1. The third kappa shape index (κ3) is 7.26. The third-order valence-corrected chi connectivity index (χ3v) is 5.64. The lowest BCUT2D eigenvalue weighted by Crippen LogP contribution is -2.44. The Morgan fingerprint density at radius 2 is 1.94 bits per heavy atom. The topological polar surface area (TPSA) is 83.1 Å². The molecule has 6 nitrogen and oxygen atoms in total. The van der Waals surface area contributed by atoms with Gasteiger partial charge in [0.1, 0.15) is 12.4 Å². The molecular weight excluding hydrogens is 388 g/mol. The van der Waals surface area contributed by atoms with Crippen LogP contribution in [0, 0.1) is 11.3 Å². The van der Waals surface area contributed by atoms with Gasteiger partial charge in [0.25, 0.3) is 0 Å². The Morgan fingerprint density at radius 3 is 2.61 bits per heavy atom. The molecule has 168 valence electrons. The number of nitrogens with zero attached hydrogens (tertiary/aromatic N) is 2. The normalized spacial score (nSPS) is 17.5. The number of benzene rings is 2. The van der Waals surface area contributed by atoms with E-state index in [2.05, 4.69) is 36.2 Å². The van der Waals surface area contributed by atoms with Crippen molar-refractivity contribution in [2.75, 3.05) is 38.1 Å². The second-order valence-electron chi connectivity index (χ2n) is 9.07. The molecule has 0 spiro atoms.